The second kappa shape index (κ2) is 8.46. The van der Waals surface area contributed by atoms with Crippen molar-refractivity contribution in [3.8, 4) is 6.07 Å². The fraction of sp³-hybridized carbons (Fsp3) is 0.800. The summed E-state index contributed by atoms with van der Waals surface area (Å²) in [4.78, 5) is 11.4. The maximum absolute atomic E-state index is 11.9. The molecule has 5 nitrogen and oxygen atoms in total. The highest BCUT2D eigenvalue weighted by molar-refractivity contribution is 7.54. The van der Waals surface area contributed by atoms with Crippen LogP contribution in [0.5, 0.6) is 0 Å². The minimum Gasteiger partial charge on any atom is -0.309 e. The van der Waals surface area contributed by atoms with Crippen LogP contribution in [-0.2, 0) is 18.4 Å². The van der Waals surface area contributed by atoms with Gasteiger partial charge in [-0.05, 0) is 20.3 Å². The Balaban J connectivity index is 4.14. The van der Waals surface area contributed by atoms with Gasteiger partial charge in [0.2, 0.25) is 0 Å². The summed E-state index contributed by atoms with van der Waals surface area (Å²) in [5.41, 5.74) is 0. The molecule has 0 aromatic heterocycles. The summed E-state index contributed by atoms with van der Waals surface area (Å²) in [5, 5.41) is 8.31. The molecule has 16 heavy (non-hydrogen) atoms. The lowest BCUT2D eigenvalue weighted by Crippen LogP contribution is -2.09. The lowest BCUT2D eigenvalue weighted by Gasteiger charge is -2.15. The van der Waals surface area contributed by atoms with E-state index in [9.17, 15) is 9.36 Å². The number of hydrogen-bond acceptors (Lipinski definition) is 5. The molecule has 0 bridgehead atoms. The van der Waals surface area contributed by atoms with Gasteiger partial charge in [0, 0.05) is 12.8 Å². The lowest BCUT2D eigenvalue weighted by atomic mass is 10.2. The van der Waals surface area contributed by atoms with Crippen molar-refractivity contribution >= 4 is 13.4 Å². The number of ketones is 1. The van der Waals surface area contributed by atoms with E-state index in [0.29, 0.717) is 12.8 Å². The van der Waals surface area contributed by atoms with E-state index in [-0.39, 0.29) is 31.6 Å². The van der Waals surface area contributed by atoms with Crippen LogP contribution in [-0.4, -0.2) is 25.2 Å². The number of carbonyl (C=O) groups is 1. The van der Waals surface area contributed by atoms with E-state index in [1.165, 1.54) is 0 Å². The topological polar surface area (TPSA) is 76.4 Å². The van der Waals surface area contributed by atoms with Crippen LogP contribution in [0.25, 0.3) is 0 Å². The Morgan fingerprint density at radius 2 is 1.88 bits per heavy atom. The number of nitrogens with zero attached hydrogens (tertiary/aromatic N) is 1. The largest absolute Gasteiger partial charge is 0.338 e. The highest BCUT2D eigenvalue weighted by atomic mass is 31.2. The van der Waals surface area contributed by atoms with E-state index in [4.69, 9.17) is 14.3 Å². The first kappa shape index (κ1) is 15.3. The second-order valence-corrected chi connectivity index (χ2v) is 5.21. The van der Waals surface area contributed by atoms with Crippen molar-refractivity contribution in [3.63, 3.8) is 0 Å². The van der Waals surface area contributed by atoms with E-state index in [1.54, 1.807) is 13.8 Å². The minimum absolute atomic E-state index is 0.180. The van der Waals surface area contributed by atoms with Gasteiger partial charge in [0.15, 0.2) is 0 Å². The third kappa shape index (κ3) is 6.73. The van der Waals surface area contributed by atoms with Gasteiger partial charge in [0.05, 0.1) is 19.3 Å². The summed E-state index contributed by atoms with van der Waals surface area (Å²) in [6.45, 7) is 3.91. The first-order chi connectivity index (χ1) is 7.58. The molecule has 0 rings (SSSR count). The number of rotatable bonds is 9. The highest BCUT2D eigenvalue weighted by Gasteiger charge is 2.26. The normalized spacial score (nSPS) is 11.1. The van der Waals surface area contributed by atoms with Crippen molar-refractivity contribution in [3.05, 3.63) is 0 Å². The molecule has 0 aromatic carbocycles. The van der Waals surface area contributed by atoms with Crippen LogP contribution in [0.3, 0.4) is 0 Å². The number of carbonyl (C=O) groups excluding carboxylic acids is 1. The Bertz CT molecular complexity index is 288. The molecule has 0 unspecified atom stereocenters. The molecular formula is C10H18NO4P. The maximum Gasteiger partial charge on any atom is 0.338 e. The predicted molar refractivity (Wildman–Crippen MR) is 60.2 cm³/mol. The Morgan fingerprint density at radius 3 is 2.31 bits per heavy atom. The average molecular weight is 247 g/mol. The molecule has 0 spiro atoms. The predicted octanol–water partition coefficient (Wildman–Crippen LogP) is 2.52. The van der Waals surface area contributed by atoms with Gasteiger partial charge < -0.3 is 9.05 Å². The SMILES string of the molecule is CCOP(=O)(CC(=O)CCCC#N)OCC. The Labute approximate surface area is 96.3 Å². The highest BCUT2D eigenvalue weighted by Crippen LogP contribution is 2.47. The lowest BCUT2D eigenvalue weighted by molar-refractivity contribution is -0.117. The van der Waals surface area contributed by atoms with Crippen molar-refractivity contribution in [2.75, 3.05) is 19.4 Å². The smallest absolute Gasteiger partial charge is 0.309 e. The molecule has 92 valence electrons. The molecule has 0 aliphatic heterocycles. The molecule has 6 heteroatoms. The van der Waals surface area contributed by atoms with E-state index in [2.05, 4.69) is 0 Å². The van der Waals surface area contributed by atoms with Gasteiger partial charge in [0.1, 0.15) is 11.9 Å². The fourth-order valence-electron chi connectivity index (χ4n) is 1.18. The van der Waals surface area contributed by atoms with Crippen LogP contribution in [0.4, 0.5) is 0 Å². The van der Waals surface area contributed by atoms with Gasteiger partial charge in [-0.1, -0.05) is 0 Å². The van der Waals surface area contributed by atoms with Crippen LogP contribution in [0.15, 0.2) is 0 Å². The molecule has 0 fully saturated rings. The Hall–Kier alpha value is -0.690. The van der Waals surface area contributed by atoms with Gasteiger partial charge in [-0.3, -0.25) is 9.36 Å². The summed E-state index contributed by atoms with van der Waals surface area (Å²) in [6.07, 6.45) is 0.880. The molecule has 0 radical (unpaired) electrons. The molecule has 0 saturated carbocycles. The van der Waals surface area contributed by atoms with Crippen LogP contribution in [0.2, 0.25) is 0 Å². The monoisotopic (exact) mass is 247 g/mol. The van der Waals surface area contributed by atoms with Crippen LogP contribution in [0.1, 0.15) is 33.1 Å². The van der Waals surface area contributed by atoms with E-state index in [1.807, 2.05) is 6.07 Å². The molecule has 0 N–H and O–H groups in total. The quantitative estimate of drug-likeness (QED) is 0.462. The second-order valence-electron chi connectivity index (χ2n) is 3.15. The van der Waals surface area contributed by atoms with E-state index in [0.717, 1.165) is 0 Å². The molecular weight excluding hydrogens is 229 g/mol. The Kier molecular flexibility index (Phi) is 8.10. The zero-order valence-corrected chi connectivity index (χ0v) is 10.7. The number of unbranched alkanes of at least 4 members (excludes halogenated alkanes) is 1. The molecule has 0 aliphatic rings. The minimum atomic E-state index is -3.26. The molecule has 0 amide bonds. The number of hydrogen-bond donors (Lipinski definition) is 0. The molecule has 0 aliphatic carbocycles. The van der Waals surface area contributed by atoms with Crippen molar-refractivity contribution in [2.45, 2.75) is 33.1 Å². The fourth-order valence-corrected chi connectivity index (χ4v) is 2.82. The van der Waals surface area contributed by atoms with Crippen molar-refractivity contribution in [1.82, 2.24) is 0 Å². The summed E-state index contributed by atoms with van der Waals surface area (Å²) in [5.74, 6) is -0.180. The third-order valence-electron chi connectivity index (χ3n) is 1.77. The summed E-state index contributed by atoms with van der Waals surface area (Å²) < 4.78 is 21.9. The van der Waals surface area contributed by atoms with Crippen molar-refractivity contribution < 1.29 is 18.4 Å². The van der Waals surface area contributed by atoms with Gasteiger partial charge in [-0.2, -0.15) is 5.26 Å². The van der Waals surface area contributed by atoms with E-state index < -0.39 is 7.60 Å². The summed E-state index contributed by atoms with van der Waals surface area (Å²) >= 11 is 0. The number of Topliss-reactive ketones (excluding diaryl/α,β-unsaturated/α-hetero) is 1. The van der Waals surface area contributed by atoms with Gasteiger partial charge in [0.25, 0.3) is 0 Å². The molecule has 0 heterocycles. The standard InChI is InChI=1S/C10H18NO4P/c1-3-14-16(13,15-4-2)9-10(12)7-5-6-8-11/h3-7,9H2,1-2H3. The van der Waals surface area contributed by atoms with Crippen LogP contribution >= 0.6 is 7.60 Å². The zero-order chi connectivity index (χ0) is 12.4. The van der Waals surface area contributed by atoms with Crippen LogP contribution < -0.4 is 0 Å². The van der Waals surface area contributed by atoms with E-state index >= 15 is 0 Å². The first-order valence-corrected chi connectivity index (χ1v) is 7.07. The summed E-state index contributed by atoms with van der Waals surface area (Å²) in [7, 11) is -3.26. The first-order valence-electron chi connectivity index (χ1n) is 5.34. The molecule has 0 aromatic rings. The zero-order valence-electron chi connectivity index (χ0n) is 9.77. The molecule has 0 atom stereocenters. The Morgan fingerprint density at radius 1 is 1.31 bits per heavy atom. The van der Waals surface area contributed by atoms with Crippen molar-refractivity contribution in [1.29, 1.82) is 5.26 Å². The number of nitriles is 1. The van der Waals surface area contributed by atoms with Gasteiger partial charge >= 0.3 is 7.60 Å². The average Bonchev–Trinajstić information content (AvgIpc) is 2.18. The maximum atomic E-state index is 11.9. The van der Waals surface area contributed by atoms with Crippen LogP contribution in [0, 0.1) is 11.3 Å². The van der Waals surface area contributed by atoms with Gasteiger partial charge in [-0.25, -0.2) is 0 Å². The summed E-state index contributed by atoms with van der Waals surface area (Å²) in [6, 6.07) is 1.95. The van der Waals surface area contributed by atoms with Gasteiger partial charge in [-0.15, -0.1) is 0 Å². The molecule has 0 saturated heterocycles. The van der Waals surface area contributed by atoms with Crippen molar-refractivity contribution in [2.24, 2.45) is 0 Å². The third-order valence-corrected chi connectivity index (χ3v) is 3.81.